The van der Waals surface area contributed by atoms with E-state index in [0.717, 1.165) is 10.5 Å². The van der Waals surface area contributed by atoms with Crippen LogP contribution in [0.2, 0.25) is 0 Å². The standard InChI is InChI=1S/C25H24N2O7S/c1-14-19(23(30)31)27-21(29)18(22(27)35-25(14)33-2)26-20(28)17(16-11-7-4-8-12-16)24(32)34-13-15-9-5-3-6-10-15/h3-12,17-18,22,25H,13H2,1-2H3,(H,26,28)(H,30,31)/t17?,18-,22-,25-/m0/s1. The van der Waals surface area contributed by atoms with Gasteiger partial charge in [0.1, 0.15) is 29.2 Å². The first-order valence-corrected chi connectivity index (χ1v) is 11.8. The zero-order valence-electron chi connectivity index (χ0n) is 19.0. The molecule has 1 unspecified atom stereocenters. The van der Waals surface area contributed by atoms with E-state index in [1.54, 1.807) is 49.4 Å². The molecule has 0 spiro atoms. The first-order chi connectivity index (χ1) is 16.8. The van der Waals surface area contributed by atoms with Gasteiger partial charge >= 0.3 is 11.9 Å². The van der Waals surface area contributed by atoms with Crippen molar-refractivity contribution in [3.8, 4) is 0 Å². The zero-order chi connectivity index (χ0) is 25.1. The van der Waals surface area contributed by atoms with E-state index in [9.17, 15) is 24.3 Å². The van der Waals surface area contributed by atoms with Crippen molar-refractivity contribution in [2.45, 2.75) is 36.3 Å². The van der Waals surface area contributed by atoms with Crippen LogP contribution in [0.4, 0.5) is 0 Å². The predicted octanol–water partition coefficient (Wildman–Crippen LogP) is 2.24. The molecule has 0 bridgehead atoms. The number of fused-ring (bicyclic) bond motifs is 1. The third-order valence-electron chi connectivity index (χ3n) is 5.84. The normalized spacial score (nSPS) is 22.1. The van der Waals surface area contributed by atoms with Gasteiger partial charge in [0.25, 0.3) is 5.91 Å². The number of rotatable bonds is 8. The van der Waals surface area contributed by atoms with Crippen molar-refractivity contribution < 1.29 is 33.8 Å². The van der Waals surface area contributed by atoms with Crippen LogP contribution >= 0.6 is 11.8 Å². The summed E-state index contributed by atoms with van der Waals surface area (Å²) in [5, 5.41) is 11.6. The van der Waals surface area contributed by atoms with Gasteiger partial charge in [0.15, 0.2) is 5.92 Å². The number of carbonyl (C=O) groups excluding carboxylic acids is 3. The predicted molar refractivity (Wildman–Crippen MR) is 127 cm³/mol. The molecule has 0 saturated carbocycles. The molecule has 10 heteroatoms. The maximum Gasteiger partial charge on any atom is 0.352 e. The number of aliphatic carboxylic acids is 1. The Hall–Kier alpha value is -3.63. The van der Waals surface area contributed by atoms with Gasteiger partial charge in [-0.1, -0.05) is 72.4 Å². The molecule has 35 heavy (non-hydrogen) atoms. The molecular formula is C25H24N2O7S. The Kier molecular flexibility index (Phi) is 7.23. The number of nitrogens with one attached hydrogen (secondary N) is 1. The van der Waals surface area contributed by atoms with Gasteiger partial charge in [-0.3, -0.25) is 19.3 Å². The molecule has 4 rings (SSSR count). The van der Waals surface area contributed by atoms with Crippen LogP contribution < -0.4 is 5.32 Å². The molecule has 0 aliphatic carbocycles. The SMILES string of the molecule is CO[C@H]1S[C@H]2[C@@H](NC(=O)C(C(=O)OCc3ccccc3)c3ccccc3)C(=O)N2C(C(=O)O)=C1C. The fraction of sp³-hybridized carbons (Fsp3) is 0.280. The minimum atomic E-state index is -1.30. The average molecular weight is 497 g/mol. The fourth-order valence-electron chi connectivity index (χ4n) is 4.10. The van der Waals surface area contributed by atoms with Crippen LogP contribution in [0.25, 0.3) is 0 Å². The summed E-state index contributed by atoms with van der Waals surface area (Å²) < 4.78 is 10.8. The lowest BCUT2D eigenvalue weighted by atomic mass is 9.96. The Morgan fingerprint density at radius 1 is 1.09 bits per heavy atom. The number of hydrogen-bond acceptors (Lipinski definition) is 7. The van der Waals surface area contributed by atoms with E-state index in [1.165, 1.54) is 18.9 Å². The van der Waals surface area contributed by atoms with Gasteiger partial charge in [-0.2, -0.15) is 0 Å². The number of esters is 1. The Bertz CT molecular complexity index is 1170. The number of ether oxygens (including phenoxy) is 2. The number of hydrogen-bond donors (Lipinski definition) is 2. The summed E-state index contributed by atoms with van der Waals surface area (Å²) >= 11 is 1.22. The molecule has 2 aliphatic rings. The summed E-state index contributed by atoms with van der Waals surface area (Å²) in [5.74, 6) is -4.57. The highest BCUT2D eigenvalue weighted by molar-refractivity contribution is 8.00. The topological polar surface area (TPSA) is 122 Å². The number of methoxy groups -OCH3 is 1. The second-order valence-electron chi connectivity index (χ2n) is 8.06. The molecule has 1 saturated heterocycles. The minimum Gasteiger partial charge on any atom is -0.477 e. The lowest BCUT2D eigenvalue weighted by molar-refractivity contribution is -0.154. The number of carbonyl (C=O) groups is 4. The van der Waals surface area contributed by atoms with Crippen LogP contribution in [0.15, 0.2) is 71.9 Å². The van der Waals surface area contributed by atoms with Crippen molar-refractivity contribution >= 4 is 35.5 Å². The van der Waals surface area contributed by atoms with Gasteiger partial charge in [0.05, 0.1) is 0 Å². The average Bonchev–Trinajstić information content (AvgIpc) is 2.87. The van der Waals surface area contributed by atoms with Crippen LogP contribution in [0.5, 0.6) is 0 Å². The summed E-state index contributed by atoms with van der Waals surface area (Å²) in [6.07, 6.45) is 0. The van der Waals surface area contributed by atoms with E-state index in [1.807, 2.05) is 18.2 Å². The Morgan fingerprint density at radius 3 is 2.31 bits per heavy atom. The highest BCUT2D eigenvalue weighted by atomic mass is 32.2. The minimum absolute atomic E-state index is 0.00748. The second-order valence-corrected chi connectivity index (χ2v) is 9.25. The number of amides is 2. The summed E-state index contributed by atoms with van der Waals surface area (Å²) in [6.45, 7) is 1.58. The number of nitrogens with zero attached hydrogens (tertiary/aromatic N) is 1. The smallest absolute Gasteiger partial charge is 0.352 e. The molecule has 9 nitrogen and oxygen atoms in total. The van der Waals surface area contributed by atoms with E-state index in [-0.39, 0.29) is 12.3 Å². The fourth-order valence-corrected chi connectivity index (χ4v) is 5.45. The third-order valence-corrected chi connectivity index (χ3v) is 7.40. The summed E-state index contributed by atoms with van der Waals surface area (Å²) in [7, 11) is 1.44. The van der Waals surface area contributed by atoms with Crippen molar-refractivity contribution in [2.75, 3.05) is 7.11 Å². The number of benzene rings is 2. The number of carboxylic acids is 1. The Morgan fingerprint density at radius 2 is 1.71 bits per heavy atom. The van der Waals surface area contributed by atoms with Crippen LogP contribution in [0.3, 0.4) is 0 Å². The molecule has 4 atom stereocenters. The maximum absolute atomic E-state index is 13.3. The Balaban J connectivity index is 1.53. The van der Waals surface area contributed by atoms with Crippen LogP contribution in [-0.4, -0.2) is 57.7 Å². The molecule has 182 valence electrons. The van der Waals surface area contributed by atoms with Gasteiger partial charge in [-0.15, -0.1) is 0 Å². The van der Waals surface area contributed by atoms with Crippen molar-refractivity contribution in [1.29, 1.82) is 0 Å². The molecule has 0 aromatic heterocycles. The zero-order valence-corrected chi connectivity index (χ0v) is 19.9. The first kappa shape index (κ1) is 24.5. The van der Waals surface area contributed by atoms with Crippen molar-refractivity contribution in [1.82, 2.24) is 10.2 Å². The molecule has 0 radical (unpaired) electrons. The van der Waals surface area contributed by atoms with E-state index in [0.29, 0.717) is 11.1 Å². The van der Waals surface area contributed by atoms with Gasteiger partial charge in [0.2, 0.25) is 5.91 Å². The first-order valence-electron chi connectivity index (χ1n) is 10.8. The summed E-state index contributed by atoms with van der Waals surface area (Å²) in [4.78, 5) is 52.1. The largest absolute Gasteiger partial charge is 0.477 e. The van der Waals surface area contributed by atoms with Crippen LogP contribution in [-0.2, 0) is 35.3 Å². The van der Waals surface area contributed by atoms with E-state index in [2.05, 4.69) is 5.32 Å². The molecular weight excluding hydrogens is 472 g/mol. The van der Waals surface area contributed by atoms with Gasteiger partial charge in [-0.25, -0.2) is 4.79 Å². The van der Waals surface area contributed by atoms with Gasteiger partial charge in [-0.05, 0) is 23.6 Å². The molecule has 2 N–H and O–H groups in total. The van der Waals surface area contributed by atoms with Gasteiger partial charge < -0.3 is 19.9 Å². The van der Waals surface area contributed by atoms with Crippen molar-refractivity contribution in [2.24, 2.45) is 0 Å². The number of thioether (sulfide) groups is 1. The summed E-state index contributed by atoms with van der Waals surface area (Å²) in [6, 6.07) is 16.5. The van der Waals surface area contributed by atoms with Crippen molar-refractivity contribution in [3.05, 3.63) is 83.1 Å². The quantitative estimate of drug-likeness (QED) is 0.324. The third kappa shape index (κ3) is 4.80. The maximum atomic E-state index is 13.3. The van der Waals surface area contributed by atoms with E-state index < -0.39 is 46.5 Å². The second kappa shape index (κ2) is 10.3. The number of carboxylic acid groups (broad SMARTS) is 1. The number of β-lactam (4-membered cyclic amide) rings is 1. The lowest BCUT2D eigenvalue weighted by Gasteiger charge is -2.50. The van der Waals surface area contributed by atoms with Crippen molar-refractivity contribution in [3.63, 3.8) is 0 Å². The molecule has 2 heterocycles. The molecule has 2 aromatic rings. The lowest BCUT2D eigenvalue weighted by Crippen LogP contribution is -2.71. The van der Waals surface area contributed by atoms with E-state index in [4.69, 9.17) is 9.47 Å². The summed E-state index contributed by atoms with van der Waals surface area (Å²) in [5.41, 5.74) is 0.852. The highest BCUT2D eigenvalue weighted by Gasteiger charge is 2.56. The molecule has 1 fully saturated rings. The van der Waals surface area contributed by atoms with E-state index >= 15 is 0 Å². The molecule has 2 aromatic carbocycles. The van der Waals surface area contributed by atoms with Crippen LogP contribution in [0.1, 0.15) is 24.0 Å². The van der Waals surface area contributed by atoms with Gasteiger partial charge in [0, 0.05) is 7.11 Å². The molecule has 2 aliphatic heterocycles. The molecule has 2 amide bonds. The van der Waals surface area contributed by atoms with Crippen LogP contribution in [0, 0.1) is 0 Å². The monoisotopic (exact) mass is 496 g/mol. The Labute approximate surface area is 206 Å². The highest BCUT2D eigenvalue weighted by Crippen LogP contribution is 2.44.